The molecule has 0 aliphatic carbocycles. The Hall–Kier alpha value is -1.12. The van der Waals surface area contributed by atoms with Crippen molar-refractivity contribution >= 4 is 15.9 Å². The molecule has 0 saturated heterocycles. The van der Waals surface area contributed by atoms with Crippen molar-refractivity contribution in [3.05, 3.63) is 69.2 Å². The molecule has 2 heteroatoms. The number of halogens is 1. The van der Waals surface area contributed by atoms with Gasteiger partial charge in [-0.1, -0.05) is 58.7 Å². The van der Waals surface area contributed by atoms with Gasteiger partial charge in [0, 0.05) is 10.9 Å². The van der Waals surface area contributed by atoms with Gasteiger partial charge in [-0.25, -0.2) is 0 Å². The summed E-state index contributed by atoms with van der Waals surface area (Å²) >= 11 is 3.48. The summed E-state index contributed by atoms with van der Waals surface area (Å²) in [7, 11) is 0. The van der Waals surface area contributed by atoms with E-state index in [9.17, 15) is 5.11 Å². The highest BCUT2D eigenvalue weighted by Crippen LogP contribution is 2.32. The molecule has 0 saturated carbocycles. The van der Waals surface area contributed by atoms with Crippen molar-refractivity contribution in [2.75, 3.05) is 0 Å². The molecule has 2 rings (SSSR count). The second-order valence-electron chi connectivity index (χ2n) is 5.50. The van der Waals surface area contributed by atoms with E-state index in [-0.39, 0.29) is 0 Å². The molecule has 1 nitrogen and oxygen atoms in total. The van der Waals surface area contributed by atoms with Crippen LogP contribution >= 0.6 is 15.9 Å². The van der Waals surface area contributed by atoms with Gasteiger partial charge in [-0.2, -0.15) is 0 Å². The van der Waals surface area contributed by atoms with Crippen LogP contribution in [0.4, 0.5) is 0 Å². The predicted octanol–water partition coefficient (Wildman–Crippen LogP) is 4.91. The van der Waals surface area contributed by atoms with Gasteiger partial charge in [0.2, 0.25) is 0 Å². The highest BCUT2D eigenvalue weighted by Gasteiger charge is 2.28. The van der Waals surface area contributed by atoms with Crippen molar-refractivity contribution in [2.45, 2.75) is 39.2 Å². The van der Waals surface area contributed by atoms with Gasteiger partial charge in [-0.3, -0.25) is 0 Å². The van der Waals surface area contributed by atoms with Crippen molar-refractivity contribution in [3.8, 4) is 0 Å². The van der Waals surface area contributed by atoms with Crippen LogP contribution in [-0.4, -0.2) is 5.11 Å². The first-order valence-electron chi connectivity index (χ1n) is 6.99. The molecule has 0 radical (unpaired) electrons. The van der Waals surface area contributed by atoms with Gasteiger partial charge >= 0.3 is 0 Å². The number of benzene rings is 2. The molecule has 1 unspecified atom stereocenters. The van der Waals surface area contributed by atoms with E-state index in [1.54, 1.807) is 0 Å². The van der Waals surface area contributed by atoms with E-state index < -0.39 is 5.60 Å². The first-order chi connectivity index (χ1) is 9.44. The summed E-state index contributed by atoms with van der Waals surface area (Å²) in [5, 5.41) is 11.1. The van der Waals surface area contributed by atoms with Gasteiger partial charge in [-0.15, -0.1) is 0 Å². The molecule has 0 spiro atoms. The lowest BCUT2D eigenvalue weighted by Gasteiger charge is -2.28. The highest BCUT2D eigenvalue weighted by atomic mass is 79.9. The maximum absolute atomic E-state index is 11.1. The maximum atomic E-state index is 11.1. The van der Waals surface area contributed by atoms with Crippen molar-refractivity contribution in [3.63, 3.8) is 0 Å². The van der Waals surface area contributed by atoms with Gasteiger partial charge in [0.25, 0.3) is 0 Å². The third kappa shape index (κ3) is 3.31. The molecular formula is C18H21BrO. The Morgan fingerprint density at radius 2 is 1.85 bits per heavy atom. The monoisotopic (exact) mass is 332 g/mol. The van der Waals surface area contributed by atoms with E-state index >= 15 is 0 Å². The molecule has 0 aliphatic heterocycles. The van der Waals surface area contributed by atoms with Crippen LogP contribution in [0.2, 0.25) is 0 Å². The van der Waals surface area contributed by atoms with Crippen molar-refractivity contribution in [2.24, 2.45) is 0 Å². The fourth-order valence-electron chi connectivity index (χ4n) is 2.51. The van der Waals surface area contributed by atoms with Gasteiger partial charge < -0.3 is 5.11 Å². The van der Waals surface area contributed by atoms with Crippen LogP contribution in [0.15, 0.2) is 46.9 Å². The lowest BCUT2D eigenvalue weighted by Crippen LogP contribution is -2.28. The SMILES string of the molecule is CCC(O)(Cc1cc(C)ccc1C)c1cccc(Br)c1. The first kappa shape index (κ1) is 15.3. The van der Waals surface area contributed by atoms with Crippen LogP contribution in [0.25, 0.3) is 0 Å². The summed E-state index contributed by atoms with van der Waals surface area (Å²) in [6.07, 6.45) is 1.34. The molecule has 0 aromatic heterocycles. The molecule has 106 valence electrons. The van der Waals surface area contributed by atoms with Crippen LogP contribution in [-0.2, 0) is 12.0 Å². The smallest absolute Gasteiger partial charge is 0.0934 e. The zero-order valence-corrected chi connectivity index (χ0v) is 13.9. The van der Waals surface area contributed by atoms with E-state index in [0.29, 0.717) is 12.8 Å². The van der Waals surface area contributed by atoms with Crippen LogP contribution in [0.1, 0.15) is 35.6 Å². The fourth-order valence-corrected chi connectivity index (χ4v) is 2.91. The average molecular weight is 333 g/mol. The summed E-state index contributed by atoms with van der Waals surface area (Å²) in [5.41, 5.74) is 3.84. The van der Waals surface area contributed by atoms with E-state index in [0.717, 1.165) is 10.0 Å². The third-order valence-corrected chi connectivity index (χ3v) is 4.43. The molecular weight excluding hydrogens is 312 g/mol. The lowest BCUT2D eigenvalue weighted by atomic mass is 9.83. The second kappa shape index (κ2) is 6.11. The van der Waals surface area contributed by atoms with E-state index in [1.807, 2.05) is 31.2 Å². The maximum Gasteiger partial charge on any atom is 0.0934 e. The summed E-state index contributed by atoms with van der Waals surface area (Å²) < 4.78 is 1.00. The predicted molar refractivity (Wildman–Crippen MR) is 87.9 cm³/mol. The van der Waals surface area contributed by atoms with Crippen LogP contribution < -0.4 is 0 Å². The third-order valence-electron chi connectivity index (χ3n) is 3.93. The molecule has 0 bridgehead atoms. The summed E-state index contributed by atoms with van der Waals surface area (Å²) in [6, 6.07) is 14.4. The van der Waals surface area contributed by atoms with Crippen LogP contribution in [0, 0.1) is 13.8 Å². The largest absolute Gasteiger partial charge is 0.385 e. The zero-order valence-electron chi connectivity index (χ0n) is 12.3. The zero-order chi connectivity index (χ0) is 14.8. The molecule has 0 amide bonds. The Bertz CT molecular complexity index is 606. The van der Waals surface area contributed by atoms with Gasteiger partial charge in [0.1, 0.15) is 0 Å². The number of hydrogen-bond acceptors (Lipinski definition) is 1. The Kier molecular flexibility index (Phi) is 4.66. The Labute approximate surface area is 129 Å². The highest BCUT2D eigenvalue weighted by molar-refractivity contribution is 9.10. The summed E-state index contributed by atoms with van der Waals surface area (Å²) in [6.45, 7) is 6.23. The quantitative estimate of drug-likeness (QED) is 0.843. The lowest BCUT2D eigenvalue weighted by molar-refractivity contribution is 0.0325. The van der Waals surface area contributed by atoms with Gasteiger partial charge in [-0.05, 0) is 49.1 Å². The van der Waals surface area contributed by atoms with Gasteiger partial charge in [0.05, 0.1) is 5.60 Å². The molecule has 0 aliphatic rings. The van der Waals surface area contributed by atoms with Crippen molar-refractivity contribution < 1.29 is 5.11 Å². The number of aliphatic hydroxyl groups is 1. The minimum Gasteiger partial charge on any atom is -0.385 e. The fraction of sp³-hybridized carbons (Fsp3) is 0.333. The van der Waals surface area contributed by atoms with Gasteiger partial charge in [0.15, 0.2) is 0 Å². The molecule has 20 heavy (non-hydrogen) atoms. The molecule has 0 fully saturated rings. The molecule has 1 atom stereocenters. The summed E-state index contributed by atoms with van der Waals surface area (Å²) in [4.78, 5) is 0. The van der Waals surface area contributed by atoms with E-state index in [4.69, 9.17) is 0 Å². The molecule has 1 N–H and O–H groups in total. The number of hydrogen-bond donors (Lipinski definition) is 1. The van der Waals surface area contributed by atoms with Crippen LogP contribution in [0.5, 0.6) is 0 Å². The Balaban J connectivity index is 2.39. The minimum atomic E-state index is -0.817. The van der Waals surface area contributed by atoms with Crippen molar-refractivity contribution in [1.82, 2.24) is 0 Å². The normalized spacial score (nSPS) is 14.1. The topological polar surface area (TPSA) is 20.2 Å². The number of aryl methyl sites for hydroxylation is 2. The van der Waals surface area contributed by atoms with Crippen LogP contribution in [0.3, 0.4) is 0 Å². The molecule has 2 aromatic rings. The summed E-state index contributed by atoms with van der Waals surface area (Å²) in [5.74, 6) is 0. The number of rotatable bonds is 4. The standard InChI is InChI=1S/C18H21BrO/c1-4-18(20,16-6-5-7-17(19)11-16)12-15-10-13(2)8-9-14(15)3/h5-11,20H,4,12H2,1-3H3. The Morgan fingerprint density at radius 1 is 1.10 bits per heavy atom. The average Bonchev–Trinajstić information content (AvgIpc) is 2.43. The Morgan fingerprint density at radius 3 is 2.50 bits per heavy atom. The second-order valence-corrected chi connectivity index (χ2v) is 6.42. The van der Waals surface area contributed by atoms with Crippen molar-refractivity contribution in [1.29, 1.82) is 0 Å². The molecule has 0 heterocycles. The first-order valence-corrected chi connectivity index (χ1v) is 7.78. The molecule has 2 aromatic carbocycles. The minimum absolute atomic E-state index is 0.646. The van der Waals surface area contributed by atoms with E-state index in [2.05, 4.69) is 48.0 Å². The van der Waals surface area contributed by atoms with E-state index in [1.165, 1.54) is 16.7 Å².